The standard InChI is InChI=1S/C27H41N3O2/c1-4-32-17-27(31)12-10-21-20(13-27)5-6-23-22(21)9-11-26(3)24(7-8-25(23)26)18(2)30-16-19(14-28)15-29-30/h15-16,18,20-25,31H,4-13,17H2,1-3H3/t18?,20-,21+,22-,23-,24-,25+,26-,27-/m1/s1. The minimum absolute atomic E-state index is 0.350. The smallest absolute Gasteiger partial charge is 0.102 e. The van der Waals surface area contributed by atoms with Crippen LogP contribution in [0.5, 0.6) is 0 Å². The Kier molecular flexibility index (Phi) is 5.91. The minimum atomic E-state index is -0.590. The molecule has 0 aliphatic heterocycles. The third kappa shape index (κ3) is 3.62. The molecule has 5 heteroatoms. The lowest BCUT2D eigenvalue weighted by molar-refractivity contribution is -0.129. The van der Waals surface area contributed by atoms with Gasteiger partial charge in [-0.15, -0.1) is 0 Å². The SMILES string of the molecule is CCOC[C@@]1(O)CC[C@H]2[C@H](CC[C@@H]3[C@@H]2CC[C@]2(C)[C@@H](C(C)n4cc(C#N)cn4)CC[C@@H]32)C1. The minimum Gasteiger partial charge on any atom is -0.387 e. The molecule has 0 radical (unpaired) electrons. The topological polar surface area (TPSA) is 71.1 Å². The van der Waals surface area contributed by atoms with Crippen molar-refractivity contribution in [2.24, 2.45) is 40.9 Å². The molecule has 0 saturated heterocycles. The van der Waals surface area contributed by atoms with E-state index in [1.807, 2.05) is 13.1 Å². The van der Waals surface area contributed by atoms with E-state index in [2.05, 4.69) is 29.7 Å². The first-order valence-electron chi connectivity index (χ1n) is 13.1. The third-order valence-corrected chi connectivity index (χ3v) is 10.5. The number of hydrogen-bond acceptors (Lipinski definition) is 4. The average Bonchev–Trinajstić information content (AvgIpc) is 3.41. The summed E-state index contributed by atoms with van der Waals surface area (Å²) >= 11 is 0. The first kappa shape index (κ1) is 22.4. The lowest BCUT2D eigenvalue weighted by atomic mass is 9.48. The van der Waals surface area contributed by atoms with Crippen LogP contribution in [0, 0.1) is 52.3 Å². The quantitative estimate of drug-likeness (QED) is 0.671. The summed E-state index contributed by atoms with van der Waals surface area (Å²) in [6, 6.07) is 2.58. The first-order chi connectivity index (χ1) is 15.4. The number of fused-ring (bicyclic) bond motifs is 5. The number of aromatic nitrogens is 2. The predicted molar refractivity (Wildman–Crippen MR) is 124 cm³/mol. The zero-order chi connectivity index (χ0) is 22.5. The molecule has 1 unspecified atom stereocenters. The Morgan fingerprint density at radius 3 is 2.75 bits per heavy atom. The van der Waals surface area contributed by atoms with Gasteiger partial charge in [0.15, 0.2) is 0 Å². The summed E-state index contributed by atoms with van der Waals surface area (Å²) in [7, 11) is 0. The summed E-state index contributed by atoms with van der Waals surface area (Å²) < 4.78 is 7.69. The molecule has 1 aromatic rings. The van der Waals surface area contributed by atoms with E-state index in [1.54, 1.807) is 6.20 Å². The van der Waals surface area contributed by atoms with Crippen molar-refractivity contribution in [2.75, 3.05) is 13.2 Å². The van der Waals surface area contributed by atoms with E-state index in [-0.39, 0.29) is 0 Å². The summed E-state index contributed by atoms with van der Waals surface area (Å²) in [5.74, 6) is 4.67. The van der Waals surface area contributed by atoms with Crippen molar-refractivity contribution in [2.45, 2.75) is 90.2 Å². The molecule has 5 nitrogen and oxygen atoms in total. The van der Waals surface area contributed by atoms with E-state index < -0.39 is 5.60 Å². The van der Waals surface area contributed by atoms with Crippen LogP contribution in [0.2, 0.25) is 0 Å². The van der Waals surface area contributed by atoms with Gasteiger partial charge in [0.2, 0.25) is 0 Å². The summed E-state index contributed by atoms with van der Waals surface area (Å²) in [6.45, 7) is 8.11. The molecule has 32 heavy (non-hydrogen) atoms. The van der Waals surface area contributed by atoms with E-state index >= 15 is 0 Å². The highest BCUT2D eigenvalue weighted by Gasteiger charge is 2.58. The van der Waals surface area contributed by atoms with Gasteiger partial charge in [-0.3, -0.25) is 4.68 Å². The van der Waals surface area contributed by atoms with Gasteiger partial charge >= 0.3 is 0 Å². The van der Waals surface area contributed by atoms with E-state index in [9.17, 15) is 10.4 Å². The Balaban J connectivity index is 1.30. The second-order valence-corrected chi connectivity index (χ2v) is 11.8. The van der Waals surface area contributed by atoms with Crippen LogP contribution in [-0.4, -0.2) is 33.7 Å². The molecule has 1 N–H and O–H groups in total. The van der Waals surface area contributed by atoms with Crippen LogP contribution >= 0.6 is 0 Å². The van der Waals surface area contributed by atoms with Gasteiger partial charge < -0.3 is 9.84 Å². The normalized spacial score (nSPS) is 44.2. The number of nitriles is 1. The van der Waals surface area contributed by atoms with E-state index in [4.69, 9.17) is 4.74 Å². The molecule has 1 heterocycles. The van der Waals surface area contributed by atoms with Gasteiger partial charge in [-0.2, -0.15) is 10.4 Å². The van der Waals surface area contributed by atoms with Crippen LogP contribution in [0.3, 0.4) is 0 Å². The molecule has 0 spiro atoms. The fourth-order valence-corrected chi connectivity index (χ4v) is 9.02. The highest BCUT2D eigenvalue weighted by atomic mass is 16.5. The van der Waals surface area contributed by atoms with Crippen LogP contribution < -0.4 is 0 Å². The first-order valence-corrected chi connectivity index (χ1v) is 13.1. The molecule has 4 saturated carbocycles. The van der Waals surface area contributed by atoms with Crippen LogP contribution in [0.1, 0.15) is 90.2 Å². The van der Waals surface area contributed by atoms with Gasteiger partial charge in [-0.05, 0) is 113 Å². The maximum atomic E-state index is 11.1. The van der Waals surface area contributed by atoms with Gasteiger partial charge in [-0.1, -0.05) is 6.92 Å². The molecule has 4 aliphatic carbocycles. The largest absolute Gasteiger partial charge is 0.387 e. The van der Waals surface area contributed by atoms with E-state index in [1.165, 1.54) is 44.9 Å². The fourth-order valence-electron chi connectivity index (χ4n) is 9.02. The Hall–Kier alpha value is -1.38. The van der Waals surface area contributed by atoms with Crippen LogP contribution in [0.15, 0.2) is 12.4 Å². The highest BCUT2D eigenvalue weighted by molar-refractivity contribution is 5.22. The number of nitrogens with zero attached hydrogens (tertiary/aromatic N) is 3. The molecule has 176 valence electrons. The third-order valence-electron chi connectivity index (χ3n) is 10.5. The molecule has 1 aromatic heterocycles. The second kappa shape index (κ2) is 8.44. The van der Waals surface area contributed by atoms with Crippen LogP contribution in [0.25, 0.3) is 0 Å². The number of aliphatic hydroxyl groups is 1. The van der Waals surface area contributed by atoms with Crippen molar-refractivity contribution in [3.63, 3.8) is 0 Å². The number of ether oxygens (including phenoxy) is 1. The Bertz CT molecular complexity index is 861. The molecule has 0 aromatic carbocycles. The predicted octanol–water partition coefficient (Wildman–Crippen LogP) is 5.35. The monoisotopic (exact) mass is 439 g/mol. The second-order valence-electron chi connectivity index (χ2n) is 11.8. The van der Waals surface area contributed by atoms with Crippen molar-refractivity contribution in [1.82, 2.24) is 9.78 Å². The van der Waals surface area contributed by atoms with Gasteiger partial charge in [0.1, 0.15) is 6.07 Å². The summed E-state index contributed by atoms with van der Waals surface area (Å²) in [6.07, 6.45) is 14.6. The Labute approximate surface area is 193 Å². The molecule has 0 amide bonds. The summed E-state index contributed by atoms with van der Waals surface area (Å²) in [4.78, 5) is 0. The number of hydrogen-bond donors (Lipinski definition) is 1. The lowest BCUT2D eigenvalue weighted by Gasteiger charge is -2.57. The molecule has 4 aliphatic rings. The van der Waals surface area contributed by atoms with Crippen LogP contribution in [-0.2, 0) is 4.74 Å². The maximum Gasteiger partial charge on any atom is 0.102 e. The van der Waals surface area contributed by atoms with Crippen molar-refractivity contribution in [3.05, 3.63) is 18.0 Å². The fraction of sp³-hybridized carbons (Fsp3) is 0.852. The molecule has 4 fully saturated rings. The van der Waals surface area contributed by atoms with Crippen molar-refractivity contribution < 1.29 is 9.84 Å². The Morgan fingerprint density at radius 1 is 1.19 bits per heavy atom. The Morgan fingerprint density at radius 2 is 2.00 bits per heavy atom. The van der Waals surface area contributed by atoms with Gasteiger partial charge in [-0.25, -0.2) is 0 Å². The molecule has 5 rings (SSSR count). The van der Waals surface area contributed by atoms with Gasteiger partial charge in [0.25, 0.3) is 0 Å². The van der Waals surface area contributed by atoms with Gasteiger partial charge in [0, 0.05) is 12.8 Å². The summed E-state index contributed by atoms with van der Waals surface area (Å²) in [5, 5.41) is 24.8. The number of rotatable bonds is 5. The van der Waals surface area contributed by atoms with Crippen molar-refractivity contribution in [3.8, 4) is 6.07 Å². The van der Waals surface area contributed by atoms with Crippen molar-refractivity contribution in [1.29, 1.82) is 5.26 Å². The highest BCUT2D eigenvalue weighted by Crippen LogP contribution is 2.66. The van der Waals surface area contributed by atoms with E-state index in [0.717, 1.165) is 36.5 Å². The molecular weight excluding hydrogens is 398 g/mol. The molecular formula is C27H41N3O2. The van der Waals surface area contributed by atoms with Gasteiger partial charge in [0.05, 0.1) is 30.0 Å². The molecule has 0 bridgehead atoms. The summed E-state index contributed by atoms with van der Waals surface area (Å²) in [5.41, 5.74) is 0.462. The zero-order valence-electron chi connectivity index (χ0n) is 20.2. The molecule has 9 atom stereocenters. The van der Waals surface area contributed by atoms with E-state index in [0.29, 0.717) is 42.1 Å². The van der Waals surface area contributed by atoms with Crippen LogP contribution in [0.4, 0.5) is 0 Å². The average molecular weight is 440 g/mol. The zero-order valence-corrected chi connectivity index (χ0v) is 20.2. The lowest BCUT2D eigenvalue weighted by Crippen LogP contribution is -2.52. The van der Waals surface area contributed by atoms with Crippen molar-refractivity contribution >= 4 is 0 Å². The maximum absolute atomic E-state index is 11.1.